The molecule has 2 aromatic rings. The van der Waals surface area contributed by atoms with Crippen LogP contribution in [0.1, 0.15) is 71.6 Å². The molecule has 8 heteroatoms. The zero-order valence-corrected chi connectivity index (χ0v) is 22.2. The third kappa shape index (κ3) is 3.88. The highest BCUT2D eigenvalue weighted by Gasteiger charge is 2.63. The van der Waals surface area contributed by atoms with Crippen molar-refractivity contribution in [2.75, 3.05) is 13.7 Å². The first-order valence-corrected chi connectivity index (χ1v) is 14.0. The van der Waals surface area contributed by atoms with E-state index in [9.17, 15) is 18.7 Å². The van der Waals surface area contributed by atoms with Crippen LogP contribution in [-0.4, -0.2) is 45.2 Å². The van der Waals surface area contributed by atoms with Crippen LogP contribution < -0.4 is 0 Å². The van der Waals surface area contributed by atoms with Crippen molar-refractivity contribution in [2.24, 2.45) is 40.4 Å². The van der Waals surface area contributed by atoms with Crippen LogP contribution >= 0.6 is 0 Å². The monoisotopic (exact) mass is 515 g/mol. The molecule has 0 bridgehead atoms. The molecule has 6 rings (SSSR count). The SMILES string of the molecule is COCC12CCC(C)(O)CC1CCC1C3CCC(C(=O)Cn4nnc5cc(F)c(F)cc54)C3(C)CCC12. The van der Waals surface area contributed by atoms with Gasteiger partial charge in [-0.25, -0.2) is 13.5 Å². The van der Waals surface area contributed by atoms with Crippen molar-refractivity contribution in [2.45, 2.75) is 83.8 Å². The third-order valence-electron chi connectivity index (χ3n) is 11.3. The lowest BCUT2D eigenvalue weighted by molar-refractivity contribution is -0.175. The molecule has 8 unspecified atom stereocenters. The van der Waals surface area contributed by atoms with Crippen LogP contribution in [0.3, 0.4) is 0 Å². The molecular formula is C29H39F2N3O3. The fourth-order valence-electron chi connectivity index (χ4n) is 9.65. The molecule has 0 aliphatic heterocycles. The van der Waals surface area contributed by atoms with Gasteiger partial charge in [-0.05, 0) is 99.2 Å². The van der Waals surface area contributed by atoms with E-state index in [1.165, 1.54) is 4.68 Å². The second-order valence-electron chi connectivity index (χ2n) is 13.2. The molecule has 202 valence electrons. The van der Waals surface area contributed by atoms with Crippen LogP contribution in [0.2, 0.25) is 0 Å². The first-order valence-electron chi connectivity index (χ1n) is 14.0. The summed E-state index contributed by atoms with van der Waals surface area (Å²) in [5, 5.41) is 18.8. The summed E-state index contributed by atoms with van der Waals surface area (Å²) in [6, 6.07) is 2.11. The number of benzene rings is 1. The molecule has 0 amide bonds. The number of carbonyl (C=O) groups excluding carboxylic acids is 1. The van der Waals surface area contributed by atoms with Crippen LogP contribution in [0.15, 0.2) is 12.1 Å². The lowest BCUT2D eigenvalue weighted by atomic mass is 9.43. The van der Waals surface area contributed by atoms with E-state index in [2.05, 4.69) is 17.2 Å². The molecule has 4 saturated carbocycles. The molecule has 6 nitrogen and oxygen atoms in total. The number of hydrogen-bond acceptors (Lipinski definition) is 5. The van der Waals surface area contributed by atoms with Crippen LogP contribution in [0, 0.1) is 52.1 Å². The highest BCUT2D eigenvalue weighted by Crippen LogP contribution is 2.68. The van der Waals surface area contributed by atoms with Gasteiger partial charge in [0, 0.05) is 25.2 Å². The van der Waals surface area contributed by atoms with Crippen molar-refractivity contribution in [3.63, 3.8) is 0 Å². The Kier molecular flexibility index (Phi) is 6.03. The second-order valence-corrected chi connectivity index (χ2v) is 13.2. The Hall–Kier alpha value is -1.93. The van der Waals surface area contributed by atoms with Gasteiger partial charge in [0.2, 0.25) is 0 Å². The molecule has 37 heavy (non-hydrogen) atoms. The van der Waals surface area contributed by atoms with Crippen LogP contribution in [0.25, 0.3) is 11.0 Å². The van der Waals surface area contributed by atoms with Crippen molar-refractivity contribution in [3.8, 4) is 0 Å². The number of fused-ring (bicyclic) bond motifs is 6. The molecule has 4 aliphatic rings. The zero-order chi connectivity index (χ0) is 26.2. The van der Waals surface area contributed by atoms with Crippen molar-refractivity contribution in [1.29, 1.82) is 0 Å². The standard InChI is InChI=1S/C29H39F2N3O3/c1-27(36)10-11-29(16-37-3)17(14-27)4-5-18-19-6-7-21(28(19,2)9-8-20(18)29)26(35)15-34-25-13-23(31)22(30)12-24(25)32-33-34/h12-13,17-21,36H,4-11,14-16H2,1-3H3. The van der Waals surface area contributed by atoms with Gasteiger partial charge in [-0.1, -0.05) is 12.1 Å². The van der Waals surface area contributed by atoms with Gasteiger partial charge in [0.1, 0.15) is 12.1 Å². The number of rotatable bonds is 5. The maximum atomic E-state index is 13.9. The van der Waals surface area contributed by atoms with E-state index in [-0.39, 0.29) is 34.6 Å². The number of nitrogens with zero attached hydrogens (tertiary/aromatic N) is 3. The lowest BCUT2D eigenvalue weighted by Gasteiger charge is -2.62. The van der Waals surface area contributed by atoms with Crippen LogP contribution in [0.4, 0.5) is 8.78 Å². The number of ether oxygens (including phenoxy) is 1. The van der Waals surface area contributed by atoms with Gasteiger partial charge in [-0.15, -0.1) is 5.10 Å². The molecule has 4 aliphatic carbocycles. The summed E-state index contributed by atoms with van der Waals surface area (Å²) >= 11 is 0. The number of aromatic nitrogens is 3. The van der Waals surface area contributed by atoms with Crippen molar-refractivity contribution in [3.05, 3.63) is 23.8 Å². The fourth-order valence-corrected chi connectivity index (χ4v) is 9.65. The minimum atomic E-state index is -0.962. The maximum Gasteiger partial charge on any atom is 0.161 e. The normalized spacial score (nSPS) is 41.3. The number of ketones is 1. The average molecular weight is 516 g/mol. The molecule has 1 heterocycles. The summed E-state index contributed by atoms with van der Waals surface area (Å²) in [6.45, 7) is 5.10. The van der Waals surface area contributed by atoms with E-state index in [0.717, 1.165) is 76.5 Å². The Morgan fingerprint density at radius 1 is 1.08 bits per heavy atom. The summed E-state index contributed by atoms with van der Waals surface area (Å²) < 4.78 is 34.8. The third-order valence-corrected chi connectivity index (χ3v) is 11.3. The lowest BCUT2D eigenvalue weighted by Crippen LogP contribution is -2.58. The molecule has 4 fully saturated rings. The number of aliphatic hydroxyl groups is 1. The van der Waals surface area contributed by atoms with Gasteiger partial charge in [-0.2, -0.15) is 0 Å². The quantitative estimate of drug-likeness (QED) is 0.584. The zero-order valence-electron chi connectivity index (χ0n) is 22.2. The van der Waals surface area contributed by atoms with E-state index >= 15 is 0 Å². The van der Waals surface area contributed by atoms with Crippen LogP contribution in [0.5, 0.6) is 0 Å². The number of hydrogen-bond donors (Lipinski definition) is 1. The Morgan fingerprint density at radius 3 is 2.65 bits per heavy atom. The Balaban J connectivity index is 1.24. The van der Waals surface area contributed by atoms with Gasteiger partial charge < -0.3 is 9.84 Å². The van der Waals surface area contributed by atoms with E-state index in [1.54, 1.807) is 0 Å². The van der Waals surface area contributed by atoms with Crippen molar-refractivity contribution >= 4 is 16.8 Å². The van der Waals surface area contributed by atoms with E-state index < -0.39 is 17.2 Å². The van der Waals surface area contributed by atoms with Gasteiger partial charge in [0.05, 0.1) is 17.7 Å². The molecule has 8 atom stereocenters. The number of methoxy groups -OCH3 is 1. The van der Waals surface area contributed by atoms with Gasteiger partial charge in [0.15, 0.2) is 17.4 Å². The molecular weight excluding hydrogens is 476 g/mol. The maximum absolute atomic E-state index is 13.9. The topological polar surface area (TPSA) is 77.2 Å². The smallest absolute Gasteiger partial charge is 0.161 e. The predicted molar refractivity (Wildman–Crippen MR) is 134 cm³/mol. The minimum Gasteiger partial charge on any atom is -0.390 e. The number of Topliss-reactive ketones (excluding diaryl/α,β-unsaturated/α-hetero) is 1. The van der Waals surface area contributed by atoms with E-state index in [1.807, 2.05) is 14.0 Å². The molecule has 1 aromatic heterocycles. The van der Waals surface area contributed by atoms with Gasteiger partial charge in [0.25, 0.3) is 0 Å². The Labute approximate surface area is 217 Å². The summed E-state index contributed by atoms with van der Waals surface area (Å²) in [4.78, 5) is 13.7. The van der Waals surface area contributed by atoms with Crippen molar-refractivity contribution in [1.82, 2.24) is 15.0 Å². The Bertz CT molecular complexity index is 1210. The van der Waals surface area contributed by atoms with E-state index in [0.29, 0.717) is 29.2 Å². The summed E-state index contributed by atoms with van der Waals surface area (Å²) in [6.07, 6.45) is 9.03. The fraction of sp³-hybridized carbons (Fsp3) is 0.759. The van der Waals surface area contributed by atoms with Crippen LogP contribution in [-0.2, 0) is 16.1 Å². The first kappa shape index (κ1) is 25.4. The first-order chi connectivity index (χ1) is 17.6. The second kappa shape index (κ2) is 8.80. The predicted octanol–water partition coefficient (Wildman–Crippen LogP) is 5.32. The highest BCUT2D eigenvalue weighted by atomic mass is 19.2. The number of halogens is 2. The summed E-state index contributed by atoms with van der Waals surface area (Å²) in [5.41, 5.74) is 0.0940. The number of carbonyl (C=O) groups is 1. The van der Waals surface area contributed by atoms with Crippen molar-refractivity contribution < 1.29 is 23.4 Å². The van der Waals surface area contributed by atoms with E-state index in [4.69, 9.17) is 4.74 Å². The summed E-state index contributed by atoms with van der Waals surface area (Å²) in [7, 11) is 1.81. The van der Waals surface area contributed by atoms with Gasteiger partial charge >= 0.3 is 0 Å². The average Bonchev–Trinajstić information content (AvgIpc) is 3.39. The highest BCUT2D eigenvalue weighted by molar-refractivity contribution is 5.84. The summed E-state index contributed by atoms with van der Waals surface area (Å²) in [5.74, 6) is 0.278. The minimum absolute atomic E-state index is 0.0351. The Morgan fingerprint density at radius 2 is 1.86 bits per heavy atom. The molecule has 0 radical (unpaired) electrons. The molecule has 0 saturated heterocycles. The largest absolute Gasteiger partial charge is 0.390 e. The molecule has 0 spiro atoms. The van der Waals surface area contributed by atoms with Gasteiger partial charge in [-0.3, -0.25) is 4.79 Å². The molecule has 1 N–H and O–H groups in total. The molecule has 1 aromatic carbocycles.